The predicted molar refractivity (Wildman–Crippen MR) is 118 cm³/mol. The van der Waals surface area contributed by atoms with Crippen LogP contribution in [0.1, 0.15) is 35.5 Å². The normalized spacial score (nSPS) is 11.3. The number of carbonyl (C=O) groups is 2. The Morgan fingerprint density at radius 3 is 2.55 bits per heavy atom. The number of hydrogen-bond acceptors (Lipinski definition) is 4. The Bertz CT molecular complexity index is 1120. The average molecular weight is 424 g/mol. The van der Waals surface area contributed by atoms with Crippen molar-refractivity contribution < 1.29 is 18.7 Å². The largest absolute Gasteiger partial charge is 0.495 e. The van der Waals surface area contributed by atoms with Gasteiger partial charge in [-0.15, -0.1) is 0 Å². The van der Waals surface area contributed by atoms with Gasteiger partial charge >= 0.3 is 0 Å². The fourth-order valence-corrected chi connectivity index (χ4v) is 3.03. The zero-order valence-electron chi connectivity index (χ0n) is 17.9. The number of fused-ring (bicyclic) bond motifs is 1. The molecule has 0 radical (unpaired) electrons. The Labute approximate surface area is 179 Å². The highest BCUT2D eigenvalue weighted by Gasteiger charge is 2.20. The molecular formula is C23H25FN4O3. The lowest BCUT2D eigenvalue weighted by molar-refractivity contribution is -0.130. The van der Waals surface area contributed by atoms with Crippen molar-refractivity contribution in [1.29, 1.82) is 0 Å². The minimum atomic E-state index is -0.418. The lowest BCUT2D eigenvalue weighted by Gasteiger charge is -2.21. The molecular weight excluding hydrogens is 399 g/mol. The van der Waals surface area contributed by atoms with E-state index >= 15 is 0 Å². The van der Waals surface area contributed by atoms with E-state index in [2.05, 4.69) is 15.5 Å². The van der Waals surface area contributed by atoms with Crippen LogP contribution in [0, 0.1) is 5.82 Å². The van der Waals surface area contributed by atoms with E-state index in [-0.39, 0.29) is 24.3 Å². The monoisotopic (exact) mass is 424 g/mol. The number of amides is 2. The predicted octanol–water partition coefficient (Wildman–Crippen LogP) is 3.48. The first-order chi connectivity index (χ1) is 14.8. The van der Waals surface area contributed by atoms with Crippen LogP contribution in [0.5, 0.6) is 5.75 Å². The van der Waals surface area contributed by atoms with Crippen molar-refractivity contribution in [2.75, 3.05) is 20.7 Å². The summed E-state index contributed by atoms with van der Waals surface area (Å²) in [5.41, 5.74) is 2.37. The van der Waals surface area contributed by atoms with Crippen LogP contribution in [0.15, 0.2) is 36.4 Å². The van der Waals surface area contributed by atoms with Crippen LogP contribution in [-0.4, -0.2) is 53.7 Å². The van der Waals surface area contributed by atoms with Crippen LogP contribution in [0.2, 0.25) is 0 Å². The third-order valence-electron chi connectivity index (χ3n) is 5.03. The number of nitrogens with zero attached hydrogens (tertiary/aromatic N) is 2. The molecule has 8 heteroatoms. The summed E-state index contributed by atoms with van der Waals surface area (Å²) in [4.78, 5) is 26.5. The number of halogens is 1. The van der Waals surface area contributed by atoms with Crippen molar-refractivity contribution in [2.45, 2.75) is 19.9 Å². The highest BCUT2D eigenvalue weighted by Crippen LogP contribution is 2.32. The van der Waals surface area contributed by atoms with E-state index in [0.717, 1.165) is 5.56 Å². The second-order valence-electron chi connectivity index (χ2n) is 7.34. The number of hydrogen-bond donors (Lipinski definition) is 2. The van der Waals surface area contributed by atoms with Crippen LogP contribution in [0.3, 0.4) is 0 Å². The molecule has 162 valence electrons. The summed E-state index contributed by atoms with van der Waals surface area (Å²) >= 11 is 0. The smallest absolute Gasteiger partial charge is 0.255 e. The third kappa shape index (κ3) is 4.91. The average Bonchev–Trinajstić information content (AvgIpc) is 3.18. The van der Waals surface area contributed by atoms with Crippen molar-refractivity contribution in [3.8, 4) is 5.75 Å². The molecule has 3 aromatic rings. The summed E-state index contributed by atoms with van der Waals surface area (Å²) in [5, 5.41) is 10.5. The molecule has 0 atom stereocenters. The number of carbonyl (C=O) groups excluding carboxylic acids is 2. The molecule has 0 spiro atoms. The maximum absolute atomic E-state index is 13.1. The molecule has 2 aromatic carbocycles. The fraction of sp³-hybridized carbons (Fsp3) is 0.261. The van der Waals surface area contributed by atoms with Gasteiger partial charge in [-0.2, -0.15) is 5.10 Å². The number of ether oxygens (including phenoxy) is 1. The van der Waals surface area contributed by atoms with Crippen LogP contribution in [0.4, 0.5) is 4.39 Å². The van der Waals surface area contributed by atoms with E-state index in [1.165, 1.54) is 19.2 Å². The fourth-order valence-electron chi connectivity index (χ4n) is 3.03. The van der Waals surface area contributed by atoms with Gasteiger partial charge in [-0.1, -0.05) is 18.2 Å². The van der Waals surface area contributed by atoms with Gasteiger partial charge < -0.3 is 15.0 Å². The van der Waals surface area contributed by atoms with E-state index in [0.29, 0.717) is 27.9 Å². The standard InChI is InChI=1S/C23H25FN4O3/c1-14(2)28(3)20(29)13-25-23(30)17-10-12-19-21(22(17)31-4)18(26-27-19)11-7-15-5-8-16(24)9-6-15/h5-12,14H,13H2,1-4H3,(H,25,30)(H,26,27). The van der Waals surface area contributed by atoms with Gasteiger partial charge in [0.1, 0.15) is 11.6 Å². The van der Waals surface area contributed by atoms with Crippen molar-refractivity contribution in [2.24, 2.45) is 0 Å². The van der Waals surface area contributed by atoms with Gasteiger partial charge in [-0.05, 0) is 49.8 Å². The molecule has 3 rings (SSSR count). The molecule has 0 saturated carbocycles. The number of likely N-dealkylation sites (N-methyl/N-ethyl adjacent to an activating group) is 1. The maximum Gasteiger partial charge on any atom is 0.255 e. The van der Waals surface area contributed by atoms with Gasteiger partial charge in [-0.25, -0.2) is 4.39 Å². The summed E-state index contributed by atoms with van der Waals surface area (Å²) in [6, 6.07) is 9.46. The Hall–Kier alpha value is -3.68. The molecule has 0 aliphatic heterocycles. The van der Waals surface area contributed by atoms with Gasteiger partial charge in [0.05, 0.1) is 35.8 Å². The van der Waals surface area contributed by atoms with E-state index in [9.17, 15) is 14.0 Å². The zero-order chi connectivity index (χ0) is 22.5. The van der Waals surface area contributed by atoms with Crippen molar-refractivity contribution >= 4 is 34.9 Å². The third-order valence-corrected chi connectivity index (χ3v) is 5.03. The molecule has 0 saturated heterocycles. The molecule has 0 bridgehead atoms. The Balaban J connectivity index is 1.88. The van der Waals surface area contributed by atoms with Crippen LogP contribution >= 0.6 is 0 Å². The van der Waals surface area contributed by atoms with Crippen LogP contribution in [0.25, 0.3) is 23.1 Å². The minimum absolute atomic E-state index is 0.0386. The highest BCUT2D eigenvalue weighted by atomic mass is 19.1. The zero-order valence-corrected chi connectivity index (χ0v) is 17.9. The molecule has 0 fully saturated rings. The summed E-state index contributed by atoms with van der Waals surface area (Å²) < 4.78 is 18.6. The first kappa shape index (κ1) is 22.0. The minimum Gasteiger partial charge on any atom is -0.495 e. The Morgan fingerprint density at radius 2 is 1.90 bits per heavy atom. The summed E-state index contributed by atoms with van der Waals surface area (Å²) in [6.45, 7) is 3.69. The lowest BCUT2D eigenvalue weighted by Crippen LogP contribution is -2.41. The second kappa shape index (κ2) is 9.42. The van der Waals surface area contributed by atoms with Crippen LogP contribution in [-0.2, 0) is 4.79 Å². The number of aromatic nitrogens is 2. The topological polar surface area (TPSA) is 87.3 Å². The molecule has 2 amide bonds. The first-order valence-corrected chi connectivity index (χ1v) is 9.84. The summed E-state index contributed by atoms with van der Waals surface area (Å²) in [6.07, 6.45) is 3.55. The lowest BCUT2D eigenvalue weighted by atomic mass is 10.1. The maximum atomic E-state index is 13.1. The molecule has 2 N–H and O–H groups in total. The summed E-state index contributed by atoms with van der Waals surface area (Å²) in [7, 11) is 3.17. The van der Waals surface area contributed by atoms with E-state index in [4.69, 9.17) is 4.74 Å². The quantitative estimate of drug-likeness (QED) is 0.608. The Morgan fingerprint density at radius 1 is 1.19 bits per heavy atom. The Kier molecular flexibility index (Phi) is 6.69. The van der Waals surface area contributed by atoms with E-state index < -0.39 is 5.91 Å². The van der Waals surface area contributed by atoms with Crippen molar-refractivity contribution in [3.63, 3.8) is 0 Å². The van der Waals surface area contributed by atoms with E-state index in [1.54, 1.807) is 48.4 Å². The molecule has 1 aromatic heterocycles. The van der Waals surface area contributed by atoms with Gasteiger partial charge in [0.2, 0.25) is 5.91 Å². The molecule has 0 unspecified atom stereocenters. The number of H-pyrrole nitrogens is 1. The number of rotatable bonds is 7. The highest BCUT2D eigenvalue weighted by molar-refractivity contribution is 6.06. The van der Waals surface area contributed by atoms with Gasteiger partial charge in [0, 0.05) is 13.1 Å². The first-order valence-electron chi connectivity index (χ1n) is 9.84. The molecule has 31 heavy (non-hydrogen) atoms. The molecule has 0 aliphatic rings. The van der Waals surface area contributed by atoms with E-state index in [1.807, 2.05) is 13.8 Å². The number of methoxy groups -OCH3 is 1. The van der Waals surface area contributed by atoms with Crippen molar-refractivity contribution in [1.82, 2.24) is 20.4 Å². The number of benzene rings is 2. The van der Waals surface area contributed by atoms with Crippen molar-refractivity contribution in [3.05, 3.63) is 59.0 Å². The van der Waals surface area contributed by atoms with Gasteiger partial charge in [0.25, 0.3) is 5.91 Å². The van der Waals surface area contributed by atoms with Gasteiger partial charge in [-0.3, -0.25) is 14.7 Å². The molecule has 0 aliphatic carbocycles. The van der Waals surface area contributed by atoms with Crippen LogP contribution < -0.4 is 10.1 Å². The molecule has 7 nitrogen and oxygen atoms in total. The number of nitrogens with one attached hydrogen (secondary N) is 2. The second-order valence-corrected chi connectivity index (χ2v) is 7.34. The van der Waals surface area contributed by atoms with Gasteiger partial charge in [0.15, 0.2) is 0 Å². The molecule has 1 heterocycles. The summed E-state index contributed by atoms with van der Waals surface area (Å²) in [5.74, 6) is -0.557. The SMILES string of the molecule is COc1c(C(=O)NCC(=O)N(C)C(C)C)ccc2[nH]nc(C=Cc3ccc(F)cc3)c12. The number of aromatic amines is 1.